The molecule has 2 aromatic rings. The highest BCUT2D eigenvalue weighted by Gasteiger charge is 2.13. The highest BCUT2D eigenvalue weighted by Crippen LogP contribution is 2.23. The van der Waals surface area contributed by atoms with Crippen LogP contribution in [0.5, 0.6) is 0 Å². The Morgan fingerprint density at radius 3 is 2.78 bits per heavy atom. The monoisotopic (exact) mass is 358 g/mol. The number of hydrogen-bond acceptors (Lipinski definition) is 5. The summed E-state index contributed by atoms with van der Waals surface area (Å²) in [4.78, 5) is 9.03. The lowest BCUT2D eigenvalue weighted by atomic mass is 10.3. The molecule has 0 amide bonds. The average molecular weight is 358 g/mol. The van der Waals surface area contributed by atoms with Gasteiger partial charge in [0.2, 0.25) is 0 Å². The molecule has 2 heterocycles. The van der Waals surface area contributed by atoms with E-state index in [-0.39, 0.29) is 0 Å². The largest absolute Gasteiger partial charge is 0.369 e. The number of aryl methyl sites for hydroxylation is 1. The van der Waals surface area contributed by atoms with Crippen LogP contribution in [0.1, 0.15) is 26.0 Å². The van der Waals surface area contributed by atoms with Crippen LogP contribution in [0.25, 0.3) is 11.5 Å². The zero-order valence-electron chi connectivity index (χ0n) is 10.4. The second-order valence-corrected chi connectivity index (χ2v) is 4.87. The molecule has 7 heteroatoms. The van der Waals surface area contributed by atoms with Gasteiger partial charge in [-0.1, -0.05) is 13.8 Å². The van der Waals surface area contributed by atoms with Crippen molar-refractivity contribution in [2.45, 2.75) is 26.7 Å². The van der Waals surface area contributed by atoms with E-state index in [2.05, 4.69) is 67.1 Å². The van der Waals surface area contributed by atoms with Gasteiger partial charge in [-0.25, -0.2) is 9.97 Å². The minimum atomic E-state index is 0.611. The second kappa shape index (κ2) is 6.07. The molecule has 2 rings (SSSR count). The lowest BCUT2D eigenvalue weighted by molar-refractivity contribution is 0.924. The number of aromatic nitrogens is 5. The van der Waals surface area contributed by atoms with Gasteiger partial charge in [0.25, 0.3) is 0 Å². The van der Waals surface area contributed by atoms with Gasteiger partial charge in [-0.3, -0.25) is 0 Å². The maximum absolute atomic E-state index is 4.52. The summed E-state index contributed by atoms with van der Waals surface area (Å²) in [5.74, 6) is 1.49. The van der Waals surface area contributed by atoms with Crippen LogP contribution in [0.15, 0.2) is 6.20 Å². The van der Waals surface area contributed by atoms with Gasteiger partial charge in [0.1, 0.15) is 11.5 Å². The molecule has 0 bridgehead atoms. The number of halogens is 1. The molecule has 0 unspecified atom stereocenters. The molecule has 0 aliphatic rings. The van der Waals surface area contributed by atoms with Crippen molar-refractivity contribution in [2.24, 2.45) is 0 Å². The quantitative estimate of drug-likeness (QED) is 0.802. The predicted molar refractivity (Wildman–Crippen MR) is 78.3 cm³/mol. The summed E-state index contributed by atoms with van der Waals surface area (Å²) in [5.41, 5.74) is 1.70. The van der Waals surface area contributed by atoms with Crippen LogP contribution in [0.4, 0.5) is 5.82 Å². The third-order valence-electron chi connectivity index (χ3n) is 2.44. The van der Waals surface area contributed by atoms with E-state index in [1.807, 2.05) is 0 Å². The van der Waals surface area contributed by atoms with E-state index in [0.717, 1.165) is 34.5 Å². The number of aromatic amines is 1. The highest BCUT2D eigenvalue weighted by molar-refractivity contribution is 14.1. The van der Waals surface area contributed by atoms with Crippen molar-refractivity contribution >= 4 is 28.4 Å². The number of anilines is 1. The van der Waals surface area contributed by atoms with E-state index in [0.29, 0.717) is 11.5 Å². The molecular formula is C11H15IN6. The van der Waals surface area contributed by atoms with E-state index in [4.69, 9.17) is 0 Å². The van der Waals surface area contributed by atoms with Gasteiger partial charge in [0, 0.05) is 6.54 Å². The van der Waals surface area contributed by atoms with Crippen molar-refractivity contribution in [1.82, 2.24) is 25.4 Å². The van der Waals surface area contributed by atoms with Crippen LogP contribution in [-0.2, 0) is 6.42 Å². The lowest BCUT2D eigenvalue weighted by Crippen LogP contribution is -2.09. The Bertz CT molecular complexity index is 511. The smallest absolute Gasteiger partial charge is 0.184 e. The van der Waals surface area contributed by atoms with E-state index in [1.54, 1.807) is 6.20 Å². The normalized spacial score (nSPS) is 10.6. The van der Waals surface area contributed by atoms with Crippen LogP contribution in [0.3, 0.4) is 0 Å². The lowest BCUT2D eigenvalue weighted by Gasteiger charge is -2.10. The summed E-state index contributed by atoms with van der Waals surface area (Å²) in [6, 6.07) is 0. The molecule has 0 atom stereocenters. The van der Waals surface area contributed by atoms with E-state index in [9.17, 15) is 0 Å². The van der Waals surface area contributed by atoms with Crippen LogP contribution in [0, 0.1) is 3.57 Å². The fourth-order valence-electron chi connectivity index (χ4n) is 1.51. The van der Waals surface area contributed by atoms with E-state index in [1.165, 1.54) is 0 Å². The second-order valence-electron chi connectivity index (χ2n) is 3.79. The Balaban J connectivity index is 2.42. The van der Waals surface area contributed by atoms with Crippen LogP contribution >= 0.6 is 22.6 Å². The molecule has 0 radical (unpaired) electrons. The Labute approximate surface area is 119 Å². The third-order valence-corrected chi connectivity index (χ3v) is 3.57. The minimum absolute atomic E-state index is 0.611. The number of rotatable bonds is 5. The number of hydrogen-bond donors (Lipinski definition) is 2. The molecule has 2 aromatic heterocycles. The van der Waals surface area contributed by atoms with Gasteiger partial charge < -0.3 is 5.32 Å². The van der Waals surface area contributed by atoms with Crippen molar-refractivity contribution in [3.63, 3.8) is 0 Å². The molecule has 0 saturated carbocycles. The maximum Gasteiger partial charge on any atom is 0.184 e. The zero-order chi connectivity index (χ0) is 13.0. The maximum atomic E-state index is 4.52. The molecule has 0 saturated heterocycles. The van der Waals surface area contributed by atoms with Crippen molar-refractivity contribution < 1.29 is 0 Å². The number of nitrogens with one attached hydrogen (secondary N) is 2. The number of nitrogens with zero attached hydrogens (tertiary/aromatic N) is 4. The molecule has 0 aliphatic carbocycles. The van der Waals surface area contributed by atoms with Crippen LogP contribution in [0.2, 0.25) is 0 Å². The van der Waals surface area contributed by atoms with Gasteiger partial charge in [0.05, 0.1) is 15.5 Å². The Morgan fingerprint density at radius 2 is 2.17 bits per heavy atom. The summed E-state index contributed by atoms with van der Waals surface area (Å²) in [5, 5.41) is 13.7. The molecule has 0 aliphatic heterocycles. The summed E-state index contributed by atoms with van der Waals surface area (Å²) in [6.07, 6.45) is 3.55. The molecule has 0 fully saturated rings. The van der Waals surface area contributed by atoms with Gasteiger partial charge in [-0.15, -0.1) is 0 Å². The third kappa shape index (κ3) is 2.77. The molecule has 18 heavy (non-hydrogen) atoms. The summed E-state index contributed by atoms with van der Waals surface area (Å²) >= 11 is 2.28. The summed E-state index contributed by atoms with van der Waals surface area (Å²) in [7, 11) is 0. The Hall–Kier alpha value is -1.25. The summed E-state index contributed by atoms with van der Waals surface area (Å²) < 4.78 is 1.08. The molecule has 0 aromatic carbocycles. The number of H-pyrrole nitrogens is 1. The van der Waals surface area contributed by atoms with E-state index < -0.39 is 0 Å². The molecule has 2 N–H and O–H groups in total. The average Bonchev–Trinajstić information content (AvgIpc) is 2.91. The van der Waals surface area contributed by atoms with Crippen molar-refractivity contribution in [3.05, 3.63) is 15.5 Å². The first-order valence-corrected chi connectivity index (χ1v) is 7.00. The molecule has 96 valence electrons. The minimum Gasteiger partial charge on any atom is -0.369 e. The first-order valence-electron chi connectivity index (χ1n) is 5.92. The van der Waals surface area contributed by atoms with Gasteiger partial charge in [-0.2, -0.15) is 15.4 Å². The van der Waals surface area contributed by atoms with Crippen molar-refractivity contribution in [1.29, 1.82) is 0 Å². The molecule has 6 nitrogen and oxygen atoms in total. The zero-order valence-corrected chi connectivity index (χ0v) is 12.5. The fourth-order valence-corrected chi connectivity index (χ4v) is 2.33. The van der Waals surface area contributed by atoms with Gasteiger partial charge in [0.15, 0.2) is 5.82 Å². The summed E-state index contributed by atoms with van der Waals surface area (Å²) in [6.45, 7) is 5.11. The first kappa shape index (κ1) is 13.2. The topological polar surface area (TPSA) is 79.4 Å². The SMILES string of the molecule is CCCNc1nc(-c2cn[nH]n2)nc(CC)c1I. The Kier molecular flexibility index (Phi) is 4.45. The van der Waals surface area contributed by atoms with Crippen LogP contribution in [-0.4, -0.2) is 31.9 Å². The molecular weight excluding hydrogens is 343 g/mol. The van der Waals surface area contributed by atoms with Crippen molar-refractivity contribution in [3.8, 4) is 11.5 Å². The first-order chi connectivity index (χ1) is 8.76. The van der Waals surface area contributed by atoms with Gasteiger partial charge in [-0.05, 0) is 35.4 Å². The predicted octanol–water partition coefficient (Wildman–Crippen LogP) is 2.25. The van der Waals surface area contributed by atoms with Crippen molar-refractivity contribution in [2.75, 3.05) is 11.9 Å². The standard InChI is InChI=1S/C11H15IN6/c1-3-5-13-11-9(12)7(4-2)15-10(16-11)8-6-14-18-17-8/h6H,3-5H2,1-2H3,(H,13,15,16)(H,14,17,18). The van der Waals surface area contributed by atoms with Gasteiger partial charge >= 0.3 is 0 Å². The fraction of sp³-hybridized carbons (Fsp3) is 0.455. The van der Waals surface area contributed by atoms with E-state index >= 15 is 0 Å². The highest BCUT2D eigenvalue weighted by atomic mass is 127. The Morgan fingerprint density at radius 1 is 1.33 bits per heavy atom. The van der Waals surface area contributed by atoms with Crippen LogP contribution < -0.4 is 5.32 Å². The molecule has 0 spiro atoms.